The smallest absolute Gasteiger partial charge is 0.410 e. The van der Waals surface area contributed by atoms with Gasteiger partial charge in [-0.15, -0.1) is 0 Å². The standard InChI is InChI=1S/C37H62N2O8/c1-9-30(41)28(7)35-32(45-35)23-37(8,44)17-10-12-26(5)34-27(6)14-16-31(25(4)13-15-29(40)22-33(42)47-34)46-36(43)39-19-11-18-38(20-21-39)24(2)3/h10,12,14,16-17,24-25,27-32,34-35,40-41,44H,9,11,13,15,18-23H2,1-8H3/b16-14-,17-10+,26-12+. The summed E-state index contributed by atoms with van der Waals surface area (Å²) in [6.07, 6.45) is 9.06. The first-order valence-corrected chi connectivity index (χ1v) is 17.8. The summed E-state index contributed by atoms with van der Waals surface area (Å²) < 4.78 is 17.8. The third-order valence-electron chi connectivity index (χ3n) is 10.1. The average molecular weight is 663 g/mol. The van der Waals surface area contributed by atoms with Crippen LogP contribution < -0.4 is 0 Å². The van der Waals surface area contributed by atoms with Crippen molar-refractivity contribution in [3.63, 3.8) is 0 Å². The average Bonchev–Trinajstić information content (AvgIpc) is 3.81. The Kier molecular flexibility index (Phi) is 15.0. The fraction of sp³-hybridized carbons (Fsp3) is 0.784. The molecule has 10 nitrogen and oxygen atoms in total. The number of ether oxygens (including phenoxy) is 3. The van der Waals surface area contributed by atoms with Crippen molar-refractivity contribution in [2.45, 2.75) is 142 Å². The van der Waals surface area contributed by atoms with Gasteiger partial charge in [-0.1, -0.05) is 52.0 Å². The lowest BCUT2D eigenvalue weighted by atomic mass is 9.91. The zero-order valence-corrected chi connectivity index (χ0v) is 30.0. The van der Waals surface area contributed by atoms with E-state index < -0.39 is 36.0 Å². The first kappa shape index (κ1) is 39.2. The lowest BCUT2D eigenvalue weighted by Crippen LogP contribution is -2.39. The van der Waals surface area contributed by atoms with Gasteiger partial charge in [-0.05, 0) is 70.9 Å². The number of carbonyl (C=O) groups is 2. The number of rotatable bonds is 10. The molecule has 2 saturated heterocycles. The first-order chi connectivity index (χ1) is 22.1. The molecule has 0 aromatic rings. The van der Waals surface area contributed by atoms with Gasteiger partial charge in [0, 0.05) is 50.5 Å². The van der Waals surface area contributed by atoms with Gasteiger partial charge in [0.1, 0.15) is 12.2 Å². The second-order valence-corrected chi connectivity index (χ2v) is 14.7. The topological polar surface area (TPSA) is 132 Å². The number of cyclic esters (lactones) is 1. The van der Waals surface area contributed by atoms with Gasteiger partial charge in [-0.3, -0.25) is 9.69 Å². The van der Waals surface area contributed by atoms with Crippen LogP contribution in [0.2, 0.25) is 0 Å². The maximum atomic E-state index is 13.3. The van der Waals surface area contributed by atoms with Crippen LogP contribution in [-0.2, 0) is 19.0 Å². The summed E-state index contributed by atoms with van der Waals surface area (Å²) in [4.78, 5) is 30.3. The predicted molar refractivity (Wildman–Crippen MR) is 183 cm³/mol. The molecule has 3 aliphatic heterocycles. The second-order valence-electron chi connectivity index (χ2n) is 14.7. The molecule has 0 aliphatic carbocycles. The number of nitrogens with zero attached hydrogens (tertiary/aromatic N) is 2. The highest BCUT2D eigenvalue weighted by Crippen LogP contribution is 2.37. The van der Waals surface area contributed by atoms with Crippen LogP contribution in [0.4, 0.5) is 4.79 Å². The van der Waals surface area contributed by atoms with Crippen LogP contribution in [0, 0.1) is 17.8 Å². The van der Waals surface area contributed by atoms with E-state index in [9.17, 15) is 24.9 Å². The van der Waals surface area contributed by atoms with Crippen LogP contribution in [0.5, 0.6) is 0 Å². The summed E-state index contributed by atoms with van der Waals surface area (Å²) in [7, 11) is 0. The lowest BCUT2D eigenvalue weighted by molar-refractivity contribution is -0.151. The molecule has 0 spiro atoms. The number of amides is 1. The van der Waals surface area contributed by atoms with Crippen LogP contribution in [-0.4, -0.2) is 112 Å². The van der Waals surface area contributed by atoms with Crippen molar-refractivity contribution in [3.05, 3.63) is 36.0 Å². The minimum absolute atomic E-state index is 0.00635. The molecule has 0 bridgehead atoms. The Bertz CT molecular complexity index is 1100. The Morgan fingerprint density at radius 1 is 1.15 bits per heavy atom. The molecule has 2 fully saturated rings. The fourth-order valence-electron chi connectivity index (χ4n) is 6.63. The summed E-state index contributed by atoms with van der Waals surface area (Å²) >= 11 is 0. The summed E-state index contributed by atoms with van der Waals surface area (Å²) in [6, 6.07) is 0.427. The van der Waals surface area contributed by atoms with Gasteiger partial charge in [0.05, 0.1) is 36.4 Å². The van der Waals surface area contributed by atoms with Crippen LogP contribution >= 0.6 is 0 Å². The van der Waals surface area contributed by atoms with Crippen LogP contribution in [0.1, 0.15) is 93.9 Å². The number of allylic oxidation sites excluding steroid dienone is 2. The van der Waals surface area contributed by atoms with Crippen LogP contribution in [0.3, 0.4) is 0 Å². The largest absolute Gasteiger partial charge is 0.457 e. The lowest BCUT2D eigenvalue weighted by Gasteiger charge is -2.29. The molecular weight excluding hydrogens is 600 g/mol. The molecule has 3 N–H and O–H groups in total. The number of hydrogen-bond acceptors (Lipinski definition) is 9. The Morgan fingerprint density at radius 3 is 2.55 bits per heavy atom. The monoisotopic (exact) mass is 662 g/mol. The van der Waals surface area contributed by atoms with E-state index in [-0.39, 0.29) is 42.5 Å². The quantitative estimate of drug-likeness (QED) is 0.128. The Balaban J connectivity index is 1.71. The van der Waals surface area contributed by atoms with Crippen molar-refractivity contribution in [1.29, 1.82) is 0 Å². The van der Waals surface area contributed by atoms with Crippen molar-refractivity contribution in [3.8, 4) is 0 Å². The Hall–Kier alpha value is -2.24. The SMILES string of the molecule is CCC(O)C(C)C1OC1CC(C)(O)/C=C/C=C(\C)C1OC(=O)CC(O)CCC(C)C(OC(=O)N2CCCN(C(C)C)CC2)/C=C\C1C. The normalized spacial score (nSPS) is 33.6. The molecule has 0 saturated carbocycles. The molecule has 0 radical (unpaired) electrons. The molecule has 10 heteroatoms. The van der Waals surface area contributed by atoms with Gasteiger partial charge in [-0.2, -0.15) is 0 Å². The number of hydrogen-bond donors (Lipinski definition) is 3. The third-order valence-corrected chi connectivity index (χ3v) is 10.1. The van der Waals surface area contributed by atoms with Crippen LogP contribution in [0.25, 0.3) is 0 Å². The first-order valence-electron chi connectivity index (χ1n) is 17.8. The highest BCUT2D eigenvalue weighted by atomic mass is 16.6. The van der Waals surface area contributed by atoms with Crippen molar-refractivity contribution < 1.29 is 39.1 Å². The molecule has 10 atom stereocenters. The third kappa shape index (κ3) is 12.3. The number of aliphatic hydroxyl groups excluding tert-OH is 2. The van der Waals surface area contributed by atoms with E-state index in [4.69, 9.17) is 14.2 Å². The number of carbonyl (C=O) groups excluding carboxylic acids is 2. The molecule has 10 unspecified atom stereocenters. The van der Waals surface area contributed by atoms with Gasteiger partial charge < -0.3 is 34.4 Å². The summed E-state index contributed by atoms with van der Waals surface area (Å²) in [5.74, 6) is -0.777. The number of aliphatic hydroxyl groups is 3. The van der Waals surface area contributed by atoms with E-state index in [2.05, 4.69) is 18.7 Å². The zero-order valence-electron chi connectivity index (χ0n) is 30.0. The highest BCUT2D eigenvalue weighted by molar-refractivity contribution is 5.70. The van der Waals surface area contributed by atoms with Crippen molar-refractivity contribution in [1.82, 2.24) is 9.80 Å². The maximum Gasteiger partial charge on any atom is 0.410 e. The van der Waals surface area contributed by atoms with Crippen molar-refractivity contribution in [2.24, 2.45) is 17.8 Å². The van der Waals surface area contributed by atoms with E-state index in [1.54, 1.807) is 24.0 Å². The summed E-state index contributed by atoms with van der Waals surface area (Å²) in [5.41, 5.74) is -0.352. The molecule has 0 aromatic heterocycles. The van der Waals surface area contributed by atoms with E-state index in [0.29, 0.717) is 44.8 Å². The van der Waals surface area contributed by atoms with E-state index in [0.717, 1.165) is 25.1 Å². The van der Waals surface area contributed by atoms with Gasteiger partial charge >= 0.3 is 12.1 Å². The predicted octanol–water partition coefficient (Wildman–Crippen LogP) is 5.01. The van der Waals surface area contributed by atoms with E-state index in [1.165, 1.54) is 0 Å². The van der Waals surface area contributed by atoms with Crippen molar-refractivity contribution in [2.75, 3.05) is 26.2 Å². The van der Waals surface area contributed by atoms with Gasteiger partial charge in [0.2, 0.25) is 0 Å². The van der Waals surface area contributed by atoms with Crippen molar-refractivity contribution >= 4 is 12.1 Å². The zero-order chi connectivity index (χ0) is 34.9. The van der Waals surface area contributed by atoms with E-state index in [1.807, 2.05) is 52.8 Å². The van der Waals surface area contributed by atoms with Gasteiger partial charge in [0.15, 0.2) is 0 Å². The Labute approximate surface area is 282 Å². The second kappa shape index (κ2) is 18.0. The molecule has 0 aromatic carbocycles. The molecular formula is C37H62N2O8. The van der Waals surface area contributed by atoms with E-state index >= 15 is 0 Å². The van der Waals surface area contributed by atoms with Crippen LogP contribution in [0.15, 0.2) is 36.0 Å². The molecule has 3 heterocycles. The Morgan fingerprint density at radius 2 is 1.87 bits per heavy atom. The van der Waals surface area contributed by atoms with Gasteiger partial charge in [0.25, 0.3) is 0 Å². The maximum absolute atomic E-state index is 13.3. The fourth-order valence-corrected chi connectivity index (χ4v) is 6.63. The molecule has 268 valence electrons. The molecule has 1 amide bonds. The number of epoxide rings is 1. The number of esters is 1. The minimum Gasteiger partial charge on any atom is -0.457 e. The highest BCUT2D eigenvalue weighted by Gasteiger charge is 2.47. The molecule has 3 rings (SSSR count). The minimum atomic E-state index is -1.13. The molecule has 47 heavy (non-hydrogen) atoms. The summed E-state index contributed by atoms with van der Waals surface area (Å²) in [5, 5.41) is 31.8. The molecule has 3 aliphatic rings. The van der Waals surface area contributed by atoms with Gasteiger partial charge in [-0.25, -0.2) is 4.79 Å². The summed E-state index contributed by atoms with van der Waals surface area (Å²) in [6.45, 7) is 18.8.